The number of carbonyl (C=O) groups excluding carboxylic acids is 1. The van der Waals surface area contributed by atoms with Gasteiger partial charge in [-0.15, -0.1) is 0 Å². The minimum Gasteiger partial charge on any atom is -0.493 e. The first-order chi connectivity index (χ1) is 15.9. The Labute approximate surface area is 191 Å². The van der Waals surface area contributed by atoms with Crippen molar-refractivity contribution in [1.82, 2.24) is 0 Å². The van der Waals surface area contributed by atoms with Crippen molar-refractivity contribution in [3.05, 3.63) is 38.3 Å². The molecule has 13 nitrogen and oxygen atoms in total. The number of rotatable bonds is 19. The second-order valence-electron chi connectivity index (χ2n) is 6.72. The molecule has 1 rings (SSSR count). The van der Waals surface area contributed by atoms with E-state index in [4.69, 9.17) is 29.2 Å². The van der Waals surface area contributed by atoms with Crippen molar-refractivity contribution in [1.29, 1.82) is 0 Å². The number of ketones is 1. The molecule has 1 N–H and O–H groups in total. The molecule has 0 saturated heterocycles. The summed E-state index contributed by atoms with van der Waals surface area (Å²) in [4.78, 5) is 25.3. The lowest BCUT2D eigenvalue weighted by molar-refractivity contribution is -0.386. The molecule has 0 aliphatic heterocycles. The largest absolute Gasteiger partial charge is 0.493 e. The summed E-state index contributed by atoms with van der Waals surface area (Å²) in [5, 5.41) is 24.3. The van der Waals surface area contributed by atoms with E-state index in [1.807, 2.05) is 0 Å². The Morgan fingerprint density at radius 2 is 1.79 bits per heavy atom. The SMILES string of the molecule is COc1cc(C(C)O)c([N+](=O)[O-])cc1OCC(=O)CCCOCCOCCOCCN=[N+]=[N-]. The van der Waals surface area contributed by atoms with Crippen molar-refractivity contribution in [3.63, 3.8) is 0 Å². The van der Waals surface area contributed by atoms with E-state index in [2.05, 4.69) is 10.0 Å². The lowest BCUT2D eigenvalue weighted by Crippen LogP contribution is -2.14. The molecule has 0 aromatic heterocycles. The number of ether oxygens (including phenoxy) is 5. The molecule has 1 aromatic carbocycles. The maximum Gasteiger partial charge on any atom is 0.279 e. The van der Waals surface area contributed by atoms with Crippen molar-refractivity contribution in [2.75, 3.05) is 59.9 Å². The molecule has 0 aliphatic rings. The predicted octanol–water partition coefficient (Wildman–Crippen LogP) is 2.74. The summed E-state index contributed by atoms with van der Waals surface area (Å²) in [5.41, 5.74) is 7.88. The maximum atomic E-state index is 12.1. The standard InChI is InChI=1S/C20H30N4O9/c1-15(25)17-12-19(29-2)20(13-18(17)24(27)28)33-14-16(26)4-3-6-30-8-10-32-11-9-31-7-5-22-23-21/h12-13,15,25H,3-11,14H2,1-2H3. The van der Waals surface area contributed by atoms with Gasteiger partial charge in [-0.1, -0.05) is 5.11 Å². The molecule has 184 valence electrons. The fraction of sp³-hybridized carbons (Fsp3) is 0.650. The zero-order chi connectivity index (χ0) is 24.5. The number of carbonyl (C=O) groups is 1. The molecule has 0 radical (unpaired) electrons. The van der Waals surface area contributed by atoms with Crippen LogP contribution in [0.1, 0.15) is 31.4 Å². The number of nitro groups is 1. The number of methoxy groups -OCH3 is 1. The van der Waals surface area contributed by atoms with Crippen LogP contribution in [0.25, 0.3) is 10.4 Å². The van der Waals surface area contributed by atoms with Gasteiger partial charge in [-0.25, -0.2) is 0 Å². The molecule has 0 heterocycles. The number of aliphatic hydroxyl groups is 1. The minimum atomic E-state index is -1.07. The van der Waals surface area contributed by atoms with E-state index in [1.54, 1.807) is 0 Å². The first-order valence-corrected chi connectivity index (χ1v) is 10.3. The molecule has 1 unspecified atom stereocenters. The highest BCUT2D eigenvalue weighted by Gasteiger charge is 2.23. The summed E-state index contributed by atoms with van der Waals surface area (Å²) in [6.07, 6.45) is -0.358. The number of benzene rings is 1. The van der Waals surface area contributed by atoms with Crippen LogP contribution in [0.3, 0.4) is 0 Å². The Morgan fingerprint density at radius 3 is 2.36 bits per heavy atom. The third kappa shape index (κ3) is 11.5. The summed E-state index contributed by atoms with van der Waals surface area (Å²) < 4.78 is 26.5. The minimum absolute atomic E-state index is 0.0529. The molecular weight excluding hydrogens is 440 g/mol. The molecule has 0 fully saturated rings. The average molecular weight is 470 g/mol. The molecule has 1 aromatic rings. The topological polar surface area (TPSA) is 175 Å². The van der Waals surface area contributed by atoms with Crippen LogP contribution in [0.4, 0.5) is 5.69 Å². The highest BCUT2D eigenvalue weighted by atomic mass is 16.6. The van der Waals surface area contributed by atoms with E-state index in [0.29, 0.717) is 46.1 Å². The van der Waals surface area contributed by atoms with E-state index in [0.717, 1.165) is 6.07 Å². The van der Waals surface area contributed by atoms with Crippen molar-refractivity contribution in [3.8, 4) is 11.5 Å². The van der Waals surface area contributed by atoms with Crippen LogP contribution in [-0.2, 0) is 19.0 Å². The van der Waals surface area contributed by atoms with Gasteiger partial charge in [-0.2, -0.15) is 0 Å². The monoisotopic (exact) mass is 470 g/mol. The van der Waals surface area contributed by atoms with Gasteiger partial charge in [0.25, 0.3) is 5.69 Å². The van der Waals surface area contributed by atoms with Gasteiger partial charge >= 0.3 is 0 Å². The molecule has 0 spiro atoms. The number of nitro benzene ring substituents is 1. The van der Waals surface area contributed by atoms with Crippen molar-refractivity contribution < 1.29 is 38.5 Å². The first-order valence-electron chi connectivity index (χ1n) is 10.3. The molecule has 0 amide bonds. The summed E-state index contributed by atoms with van der Waals surface area (Å²) in [6, 6.07) is 2.47. The number of azide groups is 1. The summed E-state index contributed by atoms with van der Waals surface area (Å²) in [5.74, 6) is 0.0443. The van der Waals surface area contributed by atoms with Crippen LogP contribution in [0.5, 0.6) is 11.5 Å². The fourth-order valence-electron chi connectivity index (χ4n) is 2.62. The maximum absolute atomic E-state index is 12.1. The lowest BCUT2D eigenvalue weighted by atomic mass is 10.1. The van der Waals surface area contributed by atoms with Gasteiger partial charge in [0.2, 0.25) is 0 Å². The van der Waals surface area contributed by atoms with Crippen LogP contribution in [0.15, 0.2) is 17.2 Å². The fourth-order valence-corrected chi connectivity index (χ4v) is 2.62. The Morgan fingerprint density at radius 1 is 1.15 bits per heavy atom. The summed E-state index contributed by atoms with van der Waals surface area (Å²) >= 11 is 0. The molecule has 0 saturated carbocycles. The van der Waals surface area contributed by atoms with Gasteiger partial charge in [-0.3, -0.25) is 14.9 Å². The Hall–Kier alpha value is -2.96. The van der Waals surface area contributed by atoms with E-state index >= 15 is 0 Å². The number of nitrogens with zero attached hydrogens (tertiary/aromatic N) is 4. The third-order valence-electron chi connectivity index (χ3n) is 4.24. The van der Waals surface area contributed by atoms with E-state index in [9.17, 15) is 20.0 Å². The normalized spacial score (nSPS) is 11.5. The zero-order valence-electron chi connectivity index (χ0n) is 18.8. The molecule has 0 bridgehead atoms. The first kappa shape index (κ1) is 28.1. The van der Waals surface area contributed by atoms with Gasteiger partial charge in [0.15, 0.2) is 17.3 Å². The van der Waals surface area contributed by atoms with E-state index in [1.165, 1.54) is 20.1 Å². The van der Waals surface area contributed by atoms with Gasteiger partial charge in [-0.05, 0) is 24.9 Å². The van der Waals surface area contributed by atoms with Crippen LogP contribution in [-0.4, -0.2) is 75.7 Å². The van der Waals surface area contributed by atoms with Crippen LogP contribution < -0.4 is 9.47 Å². The van der Waals surface area contributed by atoms with Gasteiger partial charge in [0, 0.05) is 24.5 Å². The van der Waals surface area contributed by atoms with Gasteiger partial charge < -0.3 is 28.8 Å². The molecule has 1 atom stereocenters. The Balaban J connectivity index is 2.24. The Kier molecular flexibility index (Phi) is 14.2. The number of hydrogen-bond acceptors (Lipinski definition) is 10. The molecule has 13 heteroatoms. The van der Waals surface area contributed by atoms with Crippen LogP contribution in [0, 0.1) is 10.1 Å². The van der Waals surface area contributed by atoms with Gasteiger partial charge in [0.1, 0.15) is 6.61 Å². The average Bonchev–Trinajstić information content (AvgIpc) is 2.79. The van der Waals surface area contributed by atoms with Gasteiger partial charge in [0.05, 0.1) is 62.8 Å². The zero-order valence-corrected chi connectivity index (χ0v) is 18.8. The third-order valence-corrected chi connectivity index (χ3v) is 4.24. The van der Waals surface area contributed by atoms with E-state index in [-0.39, 0.29) is 48.1 Å². The van der Waals surface area contributed by atoms with Crippen molar-refractivity contribution >= 4 is 11.5 Å². The van der Waals surface area contributed by atoms with Crippen molar-refractivity contribution in [2.45, 2.75) is 25.9 Å². The van der Waals surface area contributed by atoms with Crippen LogP contribution >= 0.6 is 0 Å². The van der Waals surface area contributed by atoms with Crippen molar-refractivity contribution in [2.24, 2.45) is 5.11 Å². The number of aliphatic hydroxyl groups excluding tert-OH is 1. The Bertz CT molecular complexity index is 798. The predicted molar refractivity (Wildman–Crippen MR) is 116 cm³/mol. The quantitative estimate of drug-likeness (QED) is 0.0795. The number of hydrogen-bond donors (Lipinski definition) is 1. The second kappa shape index (κ2) is 16.6. The summed E-state index contributed by atoms with van der Waals surface area (Å²) in [6.45, 7) is 3.69. The molecule has 0 aliphatic carbocycles. The highest BCUT2D eigenvalue weighted by molar-refractivity contribution is 5.80. The summed E-state index contributed by atoms with van der Waals surface area (Å²) in [7, 11) is 1.36. The molecular formula is C20H30N4O9. The van der Waals surface area contributed by atoms with E-state index < -0.39 is 11.0 Å². The second-order valence-corrected chi connectivity index (χ2v) is 6.72. The smallest absolute Gasteiger partial charge is 0.279 e. The van der Waals surface area contributed by atoms with Crippen LogP contribution in [0.2, 0.25) is 0 Å². The molecule has 33 heavy (non-hydrogen) atoms. The lowest BCUT2D eigenvalue weighted by Gasteiger charge is -2.13. The highest BCUT2D eigenvalue weighted by Crippen LogP contribution is 2.37. The number of Topliss-reactive ketones (excluding diaryl/α,β-unsaturated/α-hetero) is 1.